The van der Waals surface area contributed by atoms with Gasteiger partial charge in [0.05, 0.1) is 27.4 Å². The lowest BCUT2D eigenvalue weighted by atomic mass is 9.85. The fourth-order valence-electron chi connectivity index (χ4n) is 5.36. The van der Waals surface area contributed by atoms with Gasteiger partial charge < -0.3 is 29.2 Å². The molecule has 1 N–H and O–H groups in total. The van der Waals surface area contributed by atoms with Gasteiger partial charge in [-0.3, -0.25) is 4.79 Å². The molecule has 4 rings (SSSR count). The first-order valence-corrected chi connectivity index (χ1v) is 13.2. The minimum atomic E-state index is -0.965. The molecule has 0 saturated carbocycles. The van der Waals surface area contributed by atoms with E-state index in [2.05, 4.69) is 11.4 Å². The van der Waals surface area contributed by atoms with Crippen LogP contribution in [0.25, 0.3) is 16.8 Å². The van der Waals surface area contributed by atoms with Gasteiger partial charge >= 0.3 is 12.1 Å². The summed E-state index contributed by atoms with van der Waals surface area (Å²) >= 11 is 0. The molecule has 39 heavy (non-hydrogen) atoms. The summed E-state index contributed by atoms with van der Waals surface area (Å²) in [5.74, 6) is -0.193. The van der Waals surface area contributed by atoms with Gasteiger partial charge in [0.2, 0.25) is 5.91 Å². The van der Waals surface area contributed by atoms with Crippen LogP contribution < -0.4 is 10.1 Å². The molecule has 9 nitrogen and oxygen atoms in total. The second-order valence-corrected chi connectivity index (χ2v) is 11.2. The van der Waals surface area contributed by atoms with Gasteiger partial charge in [-0.15, -0.1) is 0 Å². The number of rotatable bonds is 3. The van der Waals surface area contributed by atoms with Crippen LogP contribution in [-0.4, -0.2) is 69.4 Å². The highest BCUT2D eigenvalue weighted by atomic mass is 16.5. The molecule has 0 spiro atoms. The van der Waals surface area contributed by atoms with E-state index in [0.29, 0.717) is 12.8 Å². The van der Waals surface area contributed by atoms with E-state index in [1.807, 2.05) is 57.2 Å². The average molecular weight is 539 g/mol. The average Bonchev–Trinajstić information content (AvgIpc) is 3.32. The van der Waals surface area contributed by atoms with E-state index in [9.17, 15) is 14.4 Å². The maximum atomic E-state index is 14.0. The van der Waals surface area contributed by atoms with Crippen LogP contribution in [0.4, 0.5) is 4.79 Å². The number of ether oxygens (including phenoxy) is 4. The smallest absolute Gasteiger partial charge is 0.407 e. The first-order chi connectivity index (χ1) is 18.5. The summed E-state index contributed by atoms with van der Waals surface area (Å²) in [5, 5.41) is 4.72. The zero-order chi connectivity index (χ0) is 28.4. The SMILES string of the molecule is COC(=O)[C@@H]1C[C@]2(OC)CN1C(=O)[C@H](C(C)(C)C)NC(=O)OCCCC=Cc1cc3cc2ccc3cc1OC. The summed E-state index contributed by atoms with van der Waals surface area (Å²) in [5.41, 5.74) is 0.129. The number of methoxy groups -OCH3 is 3. The fraction of sp³-hybridized carbons (Fsp3) is 0.500. The summed E-state index contributed by atoms with van der Waals surface area (Å²) in [4.78, 5) is 41.2. The number of amides is 2. The summed E-state index contributed by atoms with van der Waals surface area (Å²) in [6.45, 7) is 5.87. The summed E-state index contributed by atoms with van der Waals surface area (Å²) in [6.07, 6.45) is 4.85. The van der Waals surface area contributed by atoms with Gasteiger partial charge in [0.15, 0.2) is 0 Å². The molecular weight excluding hydrogens is 500 g/mol. The highest BCUT2D eigenvalue weighted by Crippen LogP contribution is 2.42. The molecule has 9 heteroatoms. The highest BCUT2D eigenvalue weighted by Gasteiger charge is 2.53. The molecule has 5 bridgehead atoms. The van der Waals surface area contributed by atoms with E-state index in [0.717, 1.165) is 27.6 Å². The summed E-state index contributed by atoms with van der Waals surface area (Å²) < 4.78 is 22.2. The summed E-state index contributed by atoms with van der Waals surface area (Å²) in [7, 11) is 4.52. The Morgan fingerprint density at radius 3 is 2.54 bits per heavy atom. The van der Waals surface area contributed by atoms with Crippen molar-refractivity contribution in [2.45, 2.75) is 57.7 Å². The number of fused-ring (bicyclic) bond motifs is 5. The minimum absolute atomic E-state index is 0.111. The van der Waals surface area contributed by atoms with Gasteiger partial charge in [0.1, 0.15) is 23.4 Å². The van der Waals surface area contributed by atoms with Crippen LogP contribution in [0.3, 0.4) is 0 Å². The molecule has 2 amide bonds. The second kappa shape index (κ2) is 11.3. The van der Waals surface area contributed by atoms with Crippen LogP contribution in [0.1, 0.15) is 51.2 Å². The van der Waals surface area contributed by atoms with Crippen molar-refractivity contribution in [1.82, 2.24) is 10.2 Å². The number of carbonyl (C=O) groups is 3. The van der Waals surface area contributed by atoms with E-state index in [-0.39, 0.29) is 19.6 Å². The number of nitrogens with one attached hydrogen (secondary N) is 1. The number of alkyl carbamates (subject to hydrolysis) is 1. The molecule has 2 aliphatic rings. The van der Waals surface area contributed by atoms with Crippen molar-refractivity contribution in [3.05, 3.63) is 47.5 Å². The van der Waals surface area contributed by atoms with Crippen LogP contribution >= 0.6 is 0 Å². The Kier molecular flexibility index (Phi) is 8.20. The zero-order valence-corrected chi connectivity index (χ0v) is 23.5. The molecule has 2 aromatic carbocycles. The number of cyclic esters (lactones) is 1. The number of carbonyl (C=O) groups excluding carboxylic acids is 3. The quantitative estimate of drug-likeness (QED) is 0.578. The Hall–Kier alpha value is -3.59. The fourth-order valence-corrected chi connectivity index (χ4v) is 5.36. The van der Waals surface area contributed by atoms with Gasteiger partial charge in [0.25, 0.3) is 0 Å². The first kappa shape index (κ1) is 28.4. The first-order valence-electron chi connectivity index (χ1n) is 13.2. The van der Waals surface area contributed by atoms with E-state index < -0.39 is 41.1 Å². The highest BCUT2D eigenvalue weighted by molar-refractivity contribution is 5.92. The van der Waals surface area contributed by atoms with Crippen LogP contribution in [0.15, 0.2) is 36.4 Å². The van der Waals surface area contributed by atoms with Crippen LogP contribution in [0.5, 0.6) is 5.75 Å². The van der Waals surface area contributed by atoms with Crippen molar-refractivity contribution >= 4 is 34.8 Å². The number of hydrogen-bond donors (Lipinski definition) is 1. The van der Waals surface area contributed by atoms with Crippen molar-refractivity contribution < 1.29 is 33.3 Å². The molecule has 2 heterocycles. The molecule has 0 unspecified atom stereocenters. The van der Waals surface area contributed by atoms with Crippen LogP contribution in [-0.2, 0) is 29.4 Å². The van der Waals surface area contributed by atoms with Crippen LogP contribution in [0.2, 0.25) is 0 Å². The third-order valence-electron chi connectivity index (χ3n) is 7.61. The number of nitrogens with zero attached hydrogens (tertiary/aromatic N) is 1. The van der Waals surface area contributed by atoms with Crippen molar-refractivity contribution in [1.29, 1.82) is 0 Å². The predicted molar refractivity (Wildman–Crippen MR) is 147 cm³/mol. The second-order valence-electron chi connectivity index (χ2n) is 11.2. The Morgan fingerprint density at radius 1 is 1.10 bits per heavy atom. The number of benzene rings is 2. The molecule has 2 aliphatic heterocycles. The Morgan fingerprint density at radius 2 is 1.87 bits per heavy atom. The lowest BCUT2D eigenvalue weighted by Gasteiger charge is -2.35. The maximum absolute atomic E-state index is 14.0. The lowest BCUT2D eigenvalue weighted by Crippen LogP contribution is -2.57. The lowest BCUT2D eigenvalue weighted by molar-refractivity contribution is -0.152. The van der Waals surface area contributed by atoms with E-state index >= 15 is 0 Å². The Bertz CT molecular complexity index is 1280. The van der Waals surface area contributed by atoms with Gasteiger partial charge in [-0.1, -0.05) is 45.1 Å². The van der Waals surface area contributed by atoms with E-state index in [1.165, 1.54) is 12.0 Å². The summed E-state index contributed by atoms with van der Waals surface area (Å²) in [6, 6.07) is 8.20. The normalized spacial score (nSPS) is 24.3. The third-order valence-corrected chi connectivity index (χ3v) is 7.61. The van der Waals surface area contributed by atoms with Crippen molar-refractivity contribution in [2.75, 3.05) is 34.5 Å². The van der Waals surface area contributed by atoms with Gasteiger partial charge in [-0.05, 0) is 52.8 Å². The molecular formula is C30H38N2O7. The van der Waals surface area contributed by atoms with Crippen LogP contribution in [0, 0.1) is 5.41 Å². The minimum Gasteiger partial charge on any atom is -0.496 e. The molecule has 1 saturated heterocycles. The molecule has 210 valence electrons. The Balaban J connectivity index is 1.86. The van der Waals surface area contributed by atoms with E-state index in [1.54, 1.807) is 14.2 Å². The standard InChI is InChI=1S/C30H38N2O7/c1-29(2,3)25-26(33)32-18-30(38-6,17-23(32)27(34)37-5)22-12-11-19-16-24(36-4)20(14-21(19)15-22)10-8-7-9-13-39-28(35)31-25/h8,10-12,14-16,23,25H,7,9,13,17-18H2,1-6H3,(H,31,35)/t23-,25+,30-/m0/s1. The number of esters is 1. The molecule has 3 atom stereocenters. The molecule has 0 aromatic heterocycles. The van der Waals surface area contributed by atoms with Crippen molar-refractivity contribution in [2.24, 2.45) is 5.41 Å². The van der Waals surface area contributed by atoms with Gasteiger partial charge in [0, 0.05) is 19.1 Å². The topological polar surface area (TPSA) is 103 Å². The van der Waals surface area contributed by atoms with Crippen molar-refractivity contribution in [3.63, 3.8) is 0 Å². The van der Waals surface area contributed by atoms with Gasteiger partial charge in [-0.25, -0.2) is 9.59 Å². The zero-order valence-electron chi connectivity index (χ0n) is 23.5. The van der Waals surface area contributed by atoms with E-state index in [4.69, 9.17) is 18.9 Å². The third kappa shape index (κ3) is 5.73. The maximum Gasteiger partial charge on any atom is 0.407 e. The molecule has 2 aromatic rings. The molecule has 1 fully saturated rings. The molecule has 0 radical (unpaired) electrons. The number of hydrogen-bond acceptors (Lipinski definition) is 7. The van der Waals surface area contributed by atoms with Gasteiger partial charge in [-0.2, -0.15) is 0 Å². The monoisotopic (exact) mass is 538 g/mol. The Labute approximate surface area is 229 Å². The van der Waals surface area contributed by atoms with Crippen molar-refractivity contribution in [3.8, 4) is 5.75 Å². The molecule has 0 aliphatic carbocycles. The largest absolute Gasteiger partial charge is 0.496 e. The number of allylic oxidation sites excluding steroid dienone is 1. The predicted octanol–water partition coefficient (Wildman–Crippen LogP) is 4.41.